The van der Waals surface area contributed by atoms with Crippen LogP contribution in [0.3, 0.4) is 0 Å². The summed E-state index contributed by atoms with van der Waals surface area (Å²) in [5.41, 5.74) is 0.923. The fourth-order valence-corrected chi connectivity index (χ4v) is 4.84. The fourth-order valence-electron chi connectivity index (χ4n) is 4.84. The SMILES string of the molecule is COc1cccc(C=NN2C(=O)[C@@H]3[C@H](C2=O)[C@H]2C=C[C@H]3C2)c1OCc1ccccc1F. The zero-order valence-corrected chi connectivity index (χ0v) is 16.9. The Bertz CT molecular complexity index is 1080. The number of benzene rings is 2. The Morgan fingerprint density at radius 2 is 1.77 bits per heavy atom. The van der Waals surface area contributed by atoms with Gasteiger partial charge in [0.1, 0.15) is 12.4 Å². The largest absolute Gasteiger partial charge is 0.493 e. The van der Waals surface area contributed by atoms with E-state index in [9.17, 15) is 14.0 Å². The Kier molecular flexibility index (Phi) is 4.81. The van der Waals surface area contributed by atoms with Crippen LogP contribution in [0.15, 0.2) is 59.7 Å². The summed E-state index contributed by atoms with van der Waals surface area (Å²) in [6.45, 7) is -0.00532. The van der Waals surface area contributed by atoms with Gasteiger partial charge >= 0.3 is 0 Å². The summed E-state index contributed by atoms with van der Waals surface area (Å²) in [6, 6.07) is 11.6. The zero-order valence-electron chi connectivity index (χ0n) is 16.9. The second kappa shape index (κ2) is 7.65. The van der Waals surface area contributed by atoms with Crippen LogP contribution in [0, 0.1) is 29.5 Å². The van der Waals surface area contributed by atoms with Crippen molar-refractivity contribution >= 4 is 18.0 Å². The van der Waals surface area contributed by atoms with Gasteiger partial charge in [-0.25, -0.2) is 4.39 Å². The molecule has 2 amide bonds. The average molecular weight is 420 g/mol. The lowest BCUT2D eigenvalue weighted by Gasteiger charge is -2.14. The molecule has 1 heterocycles. The van der Waals surface area contributed by atoms with Crippen molar-refractivity contribution in [2.45, 2.75) is 13.0 Å². The van der Waals surface area contributed by atoms with Crippen LogP contribution < -0.4 is 9.47 Å². The zero-order chi connectivity index (χ0) is 21.5. The minimum Gasteiger partial charge on any atom is -0.493 e. The minimum atomic E-state index is -0.365. The number of halogens is 1. The summed E-state index contributed by atoms with van der Waals surface area (Å²) in [5.74, 6) is -0.415. The number of para-hydroxylation sites is 1. The summed E-state index contributed by atoms with van der Waals surface area (Å²) in [5, 5.41) is 5.20. The first-order chi connectivity index (χ1) is 15.1. The molecule has 2 fully saturated rings. The van der Waals surface area contributed by atoms with Gasteiger partial charge in [-0.1, -0.05) is 36.4 Å². The molecule has 0 aromatic heterocycles. The number of ether oxygens (including phenoxy) is 2. The van der Waals surface area contributed by atoms with E-state index in [1.165, 1.54) is 19.4 Å². The number of hydrogen-bond donors (Lipinski definition) is 0. The third-order valence-electron chi connectivity index (χ3n) is 6.32. The highest BCUT2D eigenvalue weighted by molar-refractivity contribution is 6.07. The lowest BCUT2D eigenvalue weighted by molar-refractivity contribution is -0.140. The number of hydrogen-bond acceptors (Lipinski definition) is 5. The molecule has 0 radical (unpaired) electrons. The number of carbonyl (C=O) groups excluding carboxylic acids is 2. The third kappa shape index (κ3) is 3.21. The molecule has 7 heteroatoms. The van der Waals surface area contributed by atoms with E-state index in [1.54, 1.807) is 36.4 Å². The highest BCUT2D eigenvalue weighted by Crippen LogP contribution is 2.52. The lowest BCUT2D eigenvalue weighted by atomic mass is 9.85. The number of fused-ring (bicyclic) bond motifs is 5. The maximum Gasteiger partial charge on any atom is 0.254 e. The highest BCUT2D eigenvalue weighted by Gasteiger charge is 2.59. The second-order valence-electron chi connectivity index (χ2n) is 7.99. The first-order valence-corrected chi connectivity index (χ1v) is 10.2. The van der Waals surface area contributed by atoms with Gasteiger partial charge in [0.15, 0.2) is 11.5 Å². The molecular weight excluding hydrogens is 399 g/mol. The molecule has 1 saturated carbocycles. The molecule has 5 rings (SSSR count). The molecule has 0 spiro atoms. The molecule has 0 N–H and O–H groups in total. The lowest BCUT2D eigenvalue weighted by Crippen LogP contribution is -2.28. The van der Waals surface area contributed by atoms with Gasteiger partial charge in [-0.05, 0) is 36.5 Å². The molecule has 2 aromatic rings. The molecule has 3 aliphatic rings. The third-order valence-corrected chi connectivity index (χ3v) is 6.32. The summed E-state index contributed by atoms with van der Waals surface area (Å²) in [6.07, 6.45) is 6.38. The number of amides is 2. The Morgan fingerprint density at radius 3 is 2.45 bits per heavy atom. The van der Waals surface area contributed by atoms with Gasteiger partial charge in [-0.2, -0.15) is 10.1 Å². The highest BCUT2D eigenvalue weighted by atomic mass is 19.1. The number of nitrogens with zero attached hydrogens (tertiary/aromatic N) is 2. The van der Waals surface area contributed by atoms with Crippen LogP contribution in [-0.2, 0) is 16.2 Å². The number of rotatable bonds is 6. The van der Waals surface area contributed by atoms with E-state index in [4.69, 9.17) is 9.47 Å². The molecular formula is C24H21FN2O4. The Hall–Kier alpha value is -3.48. The second-order valence-corrected chi connectivity index (χ2v) is 7.99. The van der Waals surface area contributed by atoms with Crippen LogP contribution in [0.5, 0.6) is 11.5 Å². The molecule has 2 bridgehead atoms. The number of hydrazone groups is 1. The first-order valence-electron chi connectivity index (χ1n) is 10.2. The number of carbonyl (C=O) groups is 2. The van der Waals surface area contributed by atoms with Gasteiger partial charge in [-0.15, -0.1) is 0 Å². The molecule has 1 saturated heterocycles. The van der Waals surface area contributed by atoms with E-state index in [2.05, 4.69) is 5.10 Å². The molecule has 31 heavy (non-hydrogen) atoms. The van der Waals surface area contributed by atoms with Gasteiger partial charge in [0.2, 0.25) is 0 Å². The van der Waals surface area contributed by atoms with Crippen molar-refractivity contribution in [2.75, 3.05) is 7.11 Å². The Labute approximate surface area is 179 Å². The molecule has 2 aliphatic carbocycles. The summed E-state index contributed by atoms with van der Waals surface area (Å²) in [4.78, 5) is 25.6. The molecule has 6 nitrogen and oxygen atoms in total. The van der Waals surface area contributed by atoms with E-state index in [1.807, 2.05) is 12.2 Å². The van der Waals surface area contributed by atoms with Gasteiger partial charge in [0.25, 0.3) is 11.8 Å². The fraction of sp³-hybridized carbons (Fsp3) is 0.292. The van der Waals surface area contributed by atoms with Gasteiger partial charge in [0, 0.05) is 11.1 Å². The van der Waals surface area contributed by atoms with E-state index in [0.29, 0.717) is 22.6 Å². The van der Waals surface area contributed by atoms with Crippen molar-refractivity contribution in [3.63, 3.8) is 0 Å². The van der Waals surface area contributed by atoms with E-state index in [0.717, 1.165) is 11.4 Å². The Morgan fingerprint density at radius 1 is 1.06 bits per heavy atom. The van der Waals surface area contributed by atoms with Crippen LogP contribution in [0.2, 0.25) is 0 Å². The van der Waals surface area contributed by atoms with Crippen molar-refractivity contribution in [1.29, 1.82) is 0 Å². The standard InChI is InChI=1S/C24H21FN2O4/c1-30-19-8-4-6-16(22(19)31-13-17-5-2-3-7-18(17)25)12-26-27-23(28)20-14-9-10-15(11-14)21(20)24(27)29/h2-10,12,14-15,20-21H,11,13H2,1H3/t14-,15-,20-,21+/m0/s1. The Balaban J connectivity index is 1.39. The minimum absolute atomic E-state index is 0.00532. The van der Waals surface area contributed by atoms with Crippen LogP contribution in [-0.4, -0.2) is 30.1 Å². The van der Waals surface area contributed by atoms with Crippen molar-refractivity contribution in [2.24, 2.45) is 28.8 Å². The number of methoxy groups -OCH3 is 1. The van der Waals surface area contributed by atoms with Crippen molar-refractivity contribution in [3.05, 3.63) is 71.6 Å². The van der Waals surface area contributed by atoms with Crippen molar-refractivity contribution in [1.82, 2.24) is 5.01 Å². The predicted molar refractivity (Wildman–Crippen MR) is 111 cm³/mol. The summed E-state index contributed by atoms with van der Waals surface area (Å²) in [7, 11) is 1.50. The van der Waals surface area contributed by atoms with Gasteiger partial charge < -0.3 is 9.47 Å². The van der Waals surface area contributed by atoms with E-state index >= 15 is 0 Å². The molecule has 158 valence electrons. The molecule has 1 aliphatic heterocycles. The van der Waals surface area contributed by atoms with Crippen molar-refractivity contribution < 1.29 is 23.5 Å². The van der Waals surface area contributed by atoms with Gasteiger partial charge in [-0.3, -0.25) is 9.59 Å². The van der Waals surface area contributed by atoms with Gasteiger partial charge in [0.05, 0.1) is 25.2 Å². The summed E-state index contributed by atoms with van der Waals surface area (Å²) < 4.78 is 25.2. The summed E-state index contributed by atoms with van der Waals surface area (Å²) >= 11 is 0. The normalized spacial score (nSPS) is 26.2. The number of imide groups is 1. The monoisotopic (exact) mass is 420 g/mol. The van der Waals surface area contributed by atoms with Crippen LogP contribution in [0.25, 0.3) is 0 Å². The maximum absolute atomic E-state index is 14.0. The number of allylic oxidation sites excluding steroid dienone is 2. The quantitative estimate of drug-likeness (QED) is 0.407. The predicted octanol–water partition coefficient (Wildman–Crippen LogP) is 3.55. The van der Waals surface area contributed by atoms with Crippen molar-refractivity contribution in [3.8, 4) is 11.5 Å². The molecule has 4 atom stereocenters. The van der Waals surface area contributed by atoms with Crippen LogP contribution >= 0.6 is 0 Å². The smallest absolute Gasteiger partial charge is 0.254 e. The van der Waals surface area contributed by atoms with E-state index < -0.39 is 0 Å². The van der Waals surface area contributed by atoms with Crippen LogP contribution in [0.1, 0.15) is 17.5 Å². The average Bonchev–Trinajstić information content (AvgIpc) is 3.46. The maximum atomic E-state index is 14.0. The molecule has 0 unspecified atom stereocenters. The first kappa shape index (κ1) is 19.5. The van der Waals surface area contributed by atoms with Crippen LogP contribution in [0.4, 0.5) is 4.39 Å². The van der Waals surface area contributed by atoms with E-state index in [-0.39, 0.29) is 47.9 Å². The molecule has 2 aromatic carbocycles. The topological polar surface area (TPSA) is 68.2 Å².